The molecule has 1 fully saturated rings. The summed E-state index contributed by atoms with van der Waals surface area (Å²) < 4.78 is 0. The number of fused-ring (bicyclic) bond motifs is 1. The zero-order valence-corrected chi connectivity index (χ0v) is 18.0. The molecule has 2 aliphatic rings. The van der Waals surface area contributed by atoms with Gasteiger partial charge in [-0.15, -0.1) is 0 Å². The van der Waals surface area contributed by atoms with E-state index in [1.165, 1.54) is 22.1 Å². The maximum atomic E-state index is 13.2. The smallest absolute Gasteiger partial charge is 0.239 e. The van der Waals surface area contributed by atoms with Gasteiger partial charge >= 0.3 is 0 Å². The third-order valence-electron chi connectivity index (χ3n) is 6.76. The number of carbonyl (C=O) groups is 2. The van der Waals surface area contributed by atoms with Crippen molar-refractivity contribution in [3.63, 3.8) is 0 Å². The van der Waals surface area contributed by atoms with E-state index in [-0.39, 0.29) is 11.8 Å². The summed E-state index contributed by atoms with van der Waals surface area (Å²) in [6.45, 7) is 5.92. The summed E-state index contributed by atoms with van der Waals surface area (Å²) in [5.41, 5.74) is 6.85. The maximum Gasteiger partial charge on any atom is 0.239 e. The lowest BCUT2D eigenvalue weighted by Crippen LogP contribution is -2.42. The van der Waals surface area contributed by atoms with Crippen LogP contribution in [0.15, 0.2) is 54.7 Å². The molecule has 1 aromatic heterocycles. The third-order valence-corrected chi connectivity index (χ3v) is 6.76. The molecule has 3 aromatic rings. The number of rotatable bonds is 3. The van der Waals surface area contributed by atoms with Crippen molar-refractivity contribution < 1.29 is 9.59 Å². The highest BCUT2D eigenvalue weighted by Gasteiger charge is 2.40. The lowest BCUT2D eigenvalue weighted by atomic mass is 9.97. The number of aromatic nitrogens is 1. The molecule has 0 aliphatic carbocycles. The summed E-state index contributed by atoms with van der Waals surface area (Å²) in [7, 11) is 0. The van der Waals surface area contributed by atoms with Crippen molar-refractivity contribution in [1.29, 1.82) is 0 Å². The number of aromatic amines is 1. The first-order valence-electron chi connectivity index (χ1n) is 11.0. The molecule has 1 saturated heterocycles. The van der Waals surface area contributed by atoms with E-state index in [1.807, 2.05) is 42.2 Å². The van der Waals surface area contributed by atoms with Crippen LogP contribution < -0.4 is 4.90 Å². The molecule has 2 aromatic carbocycles. The molecule has 1 atom stereocenters. The van der Waals surface area contributed by atoms with Gasteiger partial charge in [0.2, 0.25) is 11.8 Å². The molecule has 0 spiro atoms. The van der Waals surface area contributed by atoms with Gasteiger partial charge in [-0.3, -0.25) is 9.59 Å². The molecule has 5 nitrogen and oxygen atoms in total. The number of carbonyl (C=O) groups excluding carboxylic acids is 2. The lowest BCUT2D eigenvalue weighted by molar-refractivity contribution is -0.139. The highest BCUT2D eigenvalue weighted by molar-refractivity contribution is 6.09. The first kappa shape index (κ1) is 19.6. The van der Waals surface area contributed by atoms with Crippen LogP contribution >= 0.6 is 0 Å². The summed E-state index contributed by atoms with van der Waals surface area (Å²) in [6, 6.07) is 14.3. The zero-order valence-electron chi connectivity index (χ0n) is 18.0. The summed E-state index contributed by atoms with van der Waals surface area (Å²) >= 11 is 0. The van der Waals surface area contributed by atoms with E-state index in [9.17, 15) is 9.59 Å². The number of hydrogen-bond donors (Lipinski definition) is 1. The number of para-hydroxylation sites is 1. The number of hydrogen-bond acceptors (Lipinski definition) is 2. The molecule has 0 saturated carbocycles. The lowest BCUT2D eigenvalue weighted by Gasteiger charge is -2.28. The first-order valence-corrected chi connectivity index (χ1v) is 11.0. The Morgan fingerprint density at radius 3 is 2.68 bits per heavy atom. The molecule has 31 heavy (non-hydrogen) atoms. The van der Waals surface area contributed by atoms with Gasteiger partial charge in [0.25, 0.3) is 0 Å². The van der Waals surface area contributed by atoms with Crippen molar-refractivity contribution in [2.45, 2.75) is 26.7 Å². The van der Waals surface area contributed by atoms with Gasteiger partial charge in [-0.1, -0.05) is 30.3 Å². The third kappa shape index (κ3) is 3.44. The van der Waals surface area contributed by atoms with Gasteiger partial charge in [-0.2, -0.15) is 0 Å². The second-order valence-corrected chi connectivity index (χ2v) is 8.61. The number of benzene rings is 2. The molecule has 1 unspecified atom stereocenters. The van der Waals surface area contributed by atoms with E-state index >= 15 is 0 Å². The minimum Gasteiger partial charge on any atom is -0.361 e. The summed E-state index contributed by atoms with van der Waals surface area (Å²) in [5, 5.41) is 1.21. The number of amides is 2. The van der Waals surface area contributed by atoms with E-state index in [0.29, 0.717) is 26.1 Å². The van der Waals surface area contributed by atoms with Crippen molar-refractivity contribution in [2.24, 2.45) is 5.92 Å². The molecule has 5 heteroatoms. The van der Waals surface area contributed by atoms with Gasteiger partial charge in [0.15, 0.2) is 0 Å². The van der Waals surface area contributed by atoms with Crippen LogP contribution in [0.5, 0.6) is 0 Å². The molecule has 0 radical (unpaired) electrons. The highest BCUT2D eigenvalue weighted by Crippen LogP contribution is 2.31. The molecular formula is C26H27N3O2. The second-order valence-electron chi connectivity index (χ2n) is 8.61. The van der Waals surface area contributed by atoms with Gasteiger partial charge in [0, 0.05) is 48.0 Å². The SMILES string of the molecule is Cc1ccc(N2CCC(C(=O)N3CC=C(c4c[nH]c5ccccc45)CC3)C2=O)cc1C. The number of aryl methyl sites for hydroxylation is 2. The number of nitrogens with zero attached hydrogens (tertiary/aromatic N) is 2. The number of anilines is 1. The predicted molar refractivity (Wildman–Crippen MR) is 124 cm³/mol. The van der Waals surface area contributed by atoms with Crippen LogP contribution in [-0.4, -0.2) is 41.3 Å². The van der Waals surface area contributed by atoms with Gasteiger partial charge < -0.3 is 14.8 Å². The molecule has 2 amide bonds. The van der Waals surface area contributed by atoms with Crippen molar-refractivity contribution in [2.75, 3.05) is 24.5 Å². The van der Waals surface area contributed by atoms with E-state index in [0.717, 1.165) is 23.2 Å². The van der Waals surface area contributed by atoms with Gasteiger partial charge in [-0.25, -0.2) is 0 Å². The Balaban J connectivity index is 1.29. The van der Waals surface area contributed by atoms with Crippen molar-refractivity contribution in [3.8, 4) is 0 Å². The monoisotopic (exact) mass is 413 g/mol. The zero-order chi connectivity index (χ0) is 21.5. The Morgan fingerprint density at radius 2 is 1.90 bits per heavy atom. The predicted octanol–water partition coefficient (Wildman–Crippen LogP) is 4.45. The van der Waals surface area contributed by atoms with Gasteiger partial charge in [0.05, 0.1) is 0 Å². The molecule has 1 N–H and O–H groups in total. The van der Waals surface area contributed by atoms with Crippen LogP contribution in [0, 0.1) is 19.8 Å². The maximum absolute atomic E-state index is 13.2. The molecular weight excluding hydrogens is 386 g/mol. The Morgan fingerprint density at radius 1 is 1.06 bits per heavy atom. The van der Waals surface area contributed by atoms with Crippen molar-refractivity contribution in [1.82, 2.24) is 9.88 Å². The Kier molecular flexibility index (Phi) is 4.89. The largest absolute Gasteiger partial charge is 0.361 e. The topological polar surface area (TPSA) is 56.4 Å². The summed E-state index contributed by atoms with van der Waals surface area (Å²) in [5.74, 6) is -0.671. The van der Waals surface area contributed by atoms with E-state index in [2.05, 4.69) is 36.3 Å². The summed E-state index contributed by atoms with van der Waals surface area (Å²) in [4.78, 5) is 33.1. The Hall–Kier alpha value is -3.34. The van der Waals surface area contributed by atoms with Crippen LogP contribution in [0.4, 0.5) is 5.69 Å². The second kappa shape index (κ2) is 7.73. The molecule has 0 bridgehead atoms. The fourth-order valence-electron chi connectivity index (χ4n) is 4.73. The fraction of sp³-hybridized carbons (Fsp3) is 0.308. The quantitative estimate of drug-likeness (QED) is 0.645. The van der Waals surface area contributed by atoms with Gasteiger partial charge in [0.1, 0.15) is 5.92 Å². The van der Waals surface area contributed by atoms with E-state index in [1.54, 1.807) is 4.90 Å². The first-order chi connectivity index (χ1) is 15.0. The van der Waals surface area contributed by atoms with Crippen LogP contribution in [0.3, 0.4) is 0 Å². The standard InChI is InChI=1S/C26H27N3O2/c1-17-7-8-20(15-18(17)2)29-14-11-22(26(29)31)25(30)28-12-9-19(10-13-28)23-16-27-24-6-4-3-5-21(23)24/h3-9,15-16,22,27H,10-14H2,1-2H3. The van der Waals surface area contributed by atoms with Crippen molar-refractivity contribution in [3.05, 3.63) is 71.4 Å². The normalized spacial score (nSPS) is 19.2. The fourth-order valence-corrected chi connectivity index (χ4v) is 4.73. The van der Waals surface area contributed by atoms with Crippen LogP contribution in [0.1, 0.15) is 29.5 Å². The van der Waals surface area contributed by atoms with E-state index in [4.69, 9.17) is 0 Å². The van der Waals surface area contributed by atoms with Gasteiger partial charge in [-0.05, 0) is 61.6 Å². The van der Waals surface area contributed by atoms with Crippen LogP contribution in [-0.2, 0) is 9.59 Å². The number of H-pyrrole nitrogens is 1. The molecule has 2 aliphatic heterocycles. The minimum absolute atomic E-state index is 0.0365. The summed E-state index contributed by atoms with van der Waals surface area (Å²) in [6.07, 6.45) is 5.57. The minimum atomic E-state index is -0.565. The van der Waals surface area contributed by atoms with Crippen molar-refractivity contribution >= 4 is 34.0 Å². The van der Waals surface area contributed by atoms with E-state index < -0.39 is 5.92 Å². The average molecular weight is 414 g/mol. The highest BCUT2D eigenvalue weighted by atomic mass is 16.2. The molecule has 158 valence electrons. The number of nitrogens with one attached hydrogen (secondary N) is 1. The Labute approximate surface area is 182 Å². The van der Waals surface area contributed by atoms with Crippen LogP contribution in [0.25, 0.3) is 16.5 Å². The molecule has 3 heterocycles. The average Bonchev–Trinajstić information content (AvgIpc) is 3.39. The Bertz CT molecular complexity index is 1210. The van der Waals surface area contributed by atoms with Crippen LogP contribution in [0.2, 0.25) is 0 Å². The molecule has 5 rings (SSSR count).